The maximum atomic E-state index is 12.8. The van der Waals surface area contributed by atoms with Gasteiger partial charge in [0.05, 0.1) is 16.0 Å². The molecule has 1 aliphatic carbocycles. The van der Waals surface area contributed by atoms with Crippen LogP contribution in [0.1, 0.15) is 38.5 Å². The van der Waals surface area contributed by atoms with Gasteiger partial charge in [0.2, 0.25) is 5.91 Å². The van der Waals surface area contributed by atoms with Crippen LogP contribution in [0.25, 0.3) is 10.2 Å². The summed E-state index contributed by atoms with van der Waals surface area (Å²) in [7, 11) is 0. The van der Waals surface area contributed by atoms with Gasteiger partial charge in [0, 0.05) is 12.6 Å². The van der Waals surface area contributed by atoms with Crippen LogP contribution in [0.4, 0.5) is 0 Å². The number of hydrogen-bond donors (Lipinski definition) is 0. The van der Waals surface area contributed by atoms with Crippen LogP contribution in [-0.4, -0.2) is 39.1 Å². The van der Waals surface area contributed by atoms with Crippen molar-refractivity contribution >= 4 is 39.2 Å². The van der Waals surface area contributed by atoms with Crippen LogP contribution >= 0.6 is 23.1 Å². The van der Waals surface area contributed by atoms with E-state index >= 15 is 0 Å². The molecule has 23 heavy (non-hydrogen) atoms. The molecular weight excluding hydrogens is 326 g/mol. The smallest absolute Gasteiger partial charge is 0.233 e. The molecule has 3 heterocycles. The van der Waals surface area contributed by atoms with Gasteiger partial charge >= 0.3 is 0 Å². The lowest BCUT2D eigenvalue weighted by Crippen LogP contribution is -2.50. The van der Waals surface area contributed by atoms with E-state index in [1.807, 2.05) is 11.4 Å². The summed E-state index contributed by atoms with van der Waals surface area (Å²) >= 11 is 3.21. The third-order valence-corrected chi connectivity index (χ3v) is 7.12. The normalized spacial score (nSPS) is 24.6. The summed E-state index contributed by atoms with van der Waals surface area (Å²) in [6, 6.07) is 2.50. The van der Waals surface area contributed by atoms with Crippen LogP contribution in [0.15, 0.2) is 22.8 Å². The molecule has 1 saturated carbocycles. The Bertz CT molecular complexity index is 700. The second kappa shape index (κ2) is 6.77. The van der Waals surface area contributed by atoms with E-state index in [1.165, 1.54) is 38.5 Å². The summed E-state index contributed by atoms with van der Waals surface area (Å²) in [5, 5.41) is 2.97. The summed E-state index contributed by atoms with van der Waals surface area (Å²) in [5.41, 5.74) is 0.977. The molecule has 4 nitrogen and oxygen atoms in total. The second-order valence-corrected chi connectivity index (χ2v) is 8.32. The van der Waals surface area contributed by atoms with Gasteiger partial charge in [-0.15, -0.1) is 11.3 Å². The van der Waals surface area contributed by atoms with E-state index in [4.69, 9.17) is 0 Å². The average molecular weight is 348 g/mol. The third kappa shape index (κ3) is 3.11. The monoisotopic (exact) mass is 347 g/mol. The van der Waals surface area contributed by atoms with Gasteiger partial charge in [-0.2, -0.15) is 0 Å². The highest BCUT2D eigenvalue weighted by Crippen LogP contribution is 2.36. The van der Waals surface area contributed by atoms with Crippen molar-refractivity contribution in [2.75, 3.05) is 12.3 Å². The first-order valence-corrected chi connectivity index (χ1v) is 10.3. The predicted molar refractivity (Wildman–Crippen MR) is 94.8 cm³/mol. The topological polar surface area (TPSA) is 46.1 Å². The standard InChI is InChI=1S/C17H21N3OS2/c21-15(20-8-3-5-12-4-1-2-6-14(12)20)10-23-17-16-13(7-9-22-16)18-11-19-17/h7,9,11-12,14H,1-6,8,10H2. The fraction of sp³-hybridized carbons (Fsp3) is 0.588. The van der Waals surface area contributed by atoms with E-state index in [9.17, 15) is 4.79 Å². The molecule has 2 aromatic rings. The van der Waals surface area contributed by atoms with Crippen LogP contribution in [0.2, 0.25) is 0 Å². The number of rotatable bonds is 3. The summed E-state index contributed by atoms with van der Waals surface area (Å²) in [6.45, 7) is 0.943. The van der Waals surface area contributed by atoms with E-state index in [-0.39, 0.29) is 5.91 Å². The molecule has 0 aromatic carbocycles. The molecule has 2 aliphatic rings. The van der Waals surface area contributed by atoms with Gasteiger partial charge in [-0.05, 0) is 43.0 Å². The molecule has 1 aliphatic heterocycles. The minimum atomic E-state index is 0.287. The number of carbonyl (C=O) groups is 1. The molecule has 1 amide bonds. The van der Waals surface area contributed by atoms with Gasteiger partial charge < -0.3 is 4.90 Å². The van der Waals surface area contributed by atoms with Crippen molar-refractivity contribution in [2.24, 2.45) is 5.92 Å². The Morgan fingerprint density at radius 1 is 1.26 bits per heavy atom. The van der Waals surface area contributed by atoms with E-state index in [2.05, 4.69) is 14.9 Å². The Labute approximate surface area is 144 Å². The van der Waals surface area contributed by atoms with Crippen molar-refractivity contribution in [3.8, 4) is 0 Å². The molecule has 2 fully saturated rings. The number of nitrogens with zero attached hydrogens (tertiary/aromatic N) is 3. The molecule has 0 bridgehead atoms. The van der Waals surface area contributed by atoms with E-state index in [1.54, 1.807) is 29.4 Å². The molecule has 0 spiro atoms. The highest BCUT2D eigenvalue weighted by Gasteiger charge is 2.35. The second-order valence-electron chi connectivity index (χ2n) is 6.44. The van der Waals surface area contributed by atoms with E-state index in [0.29, 0.717) is 11.8 Å². The fourth-order valence-electron chi connectivity index (χ4n) is 4.02. The number of thiophene rings is 1. The lowest BCUT2D eigenvalue weighted by molar-refractivity contribution is -0.134. The zero-order valence-corrected chi connectivity index (χ0v) is 14.7. The quantitative estimate of drug-likeness (QED) is 0.623. The number of likely N-dealkylation sites (tertiary alicyclic amines) is 1. The third-order valence-electron chi connectivity index (χ3n) is 5.11. The molecule has 0 radical (unpaired) electrons. The number of piperidine rings is 1. The Morgan fingerprint density at radius 2 is 2.13 bits per heavy atom. The number of fused-ring (bicyclic) bond motifs is 2. The van der Waals surface area contributed by atoms with E-state index < -0.39 is 0 Å². The van der Waals surface area contributed by atoms with Gasteiger partial charge in [0.1, 0.15) is 11.4 Å². The van der Waals surface area contributed by atoms with Crippen LogP contribution in [0.5, 0.6) is 0 Å². The Morgan fingerprint density at radius 3 is 3.09 bits per heavy atom. The molecule has 4 rings (SSSR count). The van der Waals surface area contributed by atoms with Crippen LogP contribution in [-0.2, 0) is 4.79 Å². The molecule has 6 heteroatoms. The lowest BCUT2D eigenvalue weighted by atomic mass is 9.78. The Balaban J connectivity index is 1.44. The molecular formula is C17H21N3OS2. The Hall–Kier alpha value is -1.14. The average Bonchev–Trinajstić information content (AvgIpc) is 3.08. The minimum Gasteiger partial charge on any atom is -0.339 e. The van der Waals surface area contributed by atoms with Crippen molar-refractivity contribution in [1.82, 2.24) is 14.9 Å². The zero-order chi connectivity index (χ0) is 15.6. The largest absolute Gasteiger partial charge is 0.339 e. The number of thioether (sulfide) groups is 1. The number of amides is 1. The summed E-state index contributed by atoms with van der Waals surface area (Å²) in [6.07, 6.45) is 9.20. The lowest BCUT2D eigenvalue weighted by Gasteiger charge is -2.44. The first kappa shape index (κ1) is 15.4. The maximum absolute atomic E-state index is 12.8. The first-order chi connectivity index (χ1) is 11.3. The van der Waals surface area contributed by atoms with Gasteiger partial charge in [-0.1, -0.05) is 24.6 Å². The zero-order valence-electron chi connectivity index (χ0n) is 13.1. The maximum Gasteiger partial charge on any atom is 0.233 e. The van der Waals surface area contributed by atoms with Crippen LogP contribution < -0.4 is 0 Å². The van der Waals surface area contributed by atoms with Crippen molar-refractivity contribution < 1.29 is 4.79 Å². The van der Waals surface area contributed by atoms with Crippen molar-refractivity contribution in [1.29, 1.82) is 0 Å². The number of aromatic nitrogens is 2. The van der Waals surface area contributed by atoms with Crippen LogP contribution in [0, 0.1) is 5.92 Å². The minimum absolute atomic E-state index is 0.287. The summed E-state index contributed by atoms with van der Waals surface area (Å²) < 4.78 is 1.10. The fourth-order valence-corrected chi connectivity index (χ4v) is 5.85. The number of carbonyl (C=O) groups excluding carboxylic acids is 1. The predicted octanol–water partition coefficient (Wildman–Crippen LogP) is 3.96. The molecule has 2 unspecified atom stereocenters. The van der Waals surface area contributed by atoms with Crippen molar-refractivity contribution in [3.05, 3.63) is 17.8 Å². The molecule has 1 saturated heterocycles. The summed E-state index contributed by atoms with van der Waals surface area (Å²) in [5.74, 6) is 1.53. The highest BCUT2D eigenvalue weighted by molar-refractivity contribution is 8.00. The molecule has 2 aromatic heterocycles. The molecule has 122 valence electrons. The van der Waals surface area contributed by atoms with Gasteiger partial charge in [0.25, 0.3) is 0 Å². The molecule has 0 N–H and O–H groups in total. The van der Waals surface area contributed by atoms with Gasteiger partial charge in [-0.25, -0.2) is 9.97 Å². The first-order valence-electron chi connectivity index (χ1n) is 8.43. The van der Waals surface area contributed by atoms with Crippen molar-refractivity contribution in [2.45, 2.75) is 49.6 Å². The summed E-state index contributed by atoms with van der Waals surface area (Å²) in [4.78, 5) is 23.6. The molecule has 2 atom stereocenters. The van der Waals surface area contributed by atoms with Crippen LogP contribution in [0.3, 0.4) is 0 Å². The Kier molecular flexibility index (Phi) is 4.53. The highest BCUT2D eigenvalue weighted by atomic mass is 32.2. The van der Waals surface area contributed by atoms with Gasteiger partial charge in [0.15, 0.2) is 0 Å². The SMILES string of the molecule is O=C(CSc1ncnc2ccsc12)N1CCCC2CCCCC21. The van der Waals surface area contributed by atoms with Gasteiger partial charge in [-0.3, -0.25) is 4.79 Å². The number of hydrogen-bond acceptors (Lipinski definition) is 5. The van der Waals surface area contributed by atoms with Crippen molar-refractivity contribution in [3.63, 3.8) is 0 Å². The van der Waals surface area contributed by atoms with E-state index in [0.717, 1.165) is 27.7 Å².